The van der Waals surface area contributed by atoms with Gasteiger partial charge >= 0.3 is 0 Å². The number of hydrogen-bond acceptors (Lipinski definition) is 2. The summed E-state index contributed by atoms with van der Waals surface area (Å²) < 4.78 is 0. The van der Waals surface area contributed by atoms with Crippen molar-refractivity contribution in [1.82, 2.24) is 4.90 Å². The molecule has 0 aliphatic rings. The van der Waals surface area contributed by atoms with E-state index in [-0.39, 0.29) is 11.2 Å². The van der Waals surface area contributed by atoms with Crippen molar-refractivity contribution >= 4 is 18.5 Å². The van der Waals surface area contributed by atoms with Gasteiger partial charge in [-0.05, 0) is 27.2 Å². The van der Waals surface area contributed by atoms with Gasteiger partial charge in [-0.3, -0.25) is 4.79 Å². The zero-order valence-corrected chi connectivity index (χ0v) is 9.27. The maximum Gasteiger partial charge on any atom is 0.235 e. The first-order chi connectivity index (χ1) is 5.54. The van der Waals surface area contributed by atoms with E-state index in [0.29, 0.717) is 6.04 Å². The van der Waals surface area contributed by atoms with Crippen LogP contribution in [0.25, 0.3) is 0 Å². The summed E-state index contributed by atoms with van der Waals surface area (Å²) in [6.45, 7) is 8.75. The smallest absolute Gasteiger partial charge is 0.235 e. The summed E-state index contributed by atoms with van der Waals surface area (Å²) in [4.78, 5) is 13.4. The van der Waals surface area contributed by atoms with Crippen LogP contribution in [0.4, 0.5) is 0 Å². The number of hydrogen-bond donors (Lipinski definition) is 1. The molecule has 3 heteroatoms. The third-order valence-corrected chi connectivity index (χ3v) is 2.32. The number of nitrogens with zero attached hydrogens (tertiary/aromatic N) is 1. The van der Waals surface area contributed by atoms with E-state index >= 15 is 0 Å². The van der Waals surface area contributed by atoms with Crippen molar-refractivity contribution in [2.45, 2.75) is 45.4 Å². The molecular formula is C9H19NOS. The first kappa shape index (κ1) is 11.8. The number of carbonyl (C=O) groups is 1. The molecule has 2 unspecified atom stereocenters. The molecule has 0 N–H and O–H groups in total. The molecule has 0 spiro atoms. The summed E-state index contributed by atoms with van der Waals surface area (Å²) in [5, 5.41) is -0.182. The van der Waals surface area contributed by atoms with Crippen molar-refractivity contribution in [3.8, 4) is 0 Å². The summed E-state index contributed by atoms with van der Waals surface area (Å²) in [5.74, 6) is 0.134. The minimum atomic E-state index is -0.182. The minimum Gasteiger partial charge on any atom is -0.339 e. The van der Waals surface area contributed by atoms with Crippen molar-refractivity contribution in [3.05, 3.63) is 0 Å². The van der Waals surface area contributed by atoms with Crippen molar-refractivity contribution in [3.63, 3.8) is 0 Å². The second-order valence-electron chi connectivity index (χ2n) is 3.06. The van der Waals surface area contributed by atoms with Crippen LogP contribution in [0.5, 0.6) is 0 Å². The normalized spacial score (nSPS) is 15.4. The average molecular weight is 189 g/mol. The molecule has 0 aromatic heterocycles. The third-order valence-electron chi connectivity index (χ3n) is 2.10. The fraction of sp³-hybridized carbons (Fsp3) is 0.889. The Labute approximate surface area is 80.7 Å². The van der Waals surface area contributed by atoms with Gasteiger partial charge in [0.05, 0.1) is 5.25 Å². The van der Waals surface area contributed by atoms with Crippen LogP contribution in [-0.4, -0.2) is 28.6 Å². The molecule has 0 saturated heterocycles. The van der Waals surface area contributed by atoms with E-state index in [1.807, 2.05) is 18.7 Å². The van der Waals surface area contributed by atoms with Crippen LogP contribution in [0, 0.1) is 0 Å². The van der Waals surface area contributed by atoms with Crippen LogP contribution < -0.4 is 0 Å². The van der Waals surface area contributed by atoms with Crippen LogP contribution in [0.3, 0.4) is 0 Å². The Kier molecular flexibility index (Phi) is 5.38. The van der Waals surface area contributed by atoms with E-state index in [1.165, 1.54) is 0 Å². The third kappa shape index (κ3) is 3.05. The maximum atomic E-state index is 11.5. The van der Waals surface area contributed by atoms with Crippen LogP contribution in [0.2, 0.25) is 0 Å². The van der Waals surface area contributed by atoms with Gasteiger partial charge in [-0.2, -0.15) is 12.6 Å². The molecule has 0 saturated carbocycles. The van der Waals surface area contributed by atoms with Gasteiger partial charge in [-0.25, -0.2) is 0 Å². The first-order valence-electron chi connectivity index (χ1n) is 4.53. The summed E-state index contributed by atoms with van der Waals surface area (Å²) in [5.41, 5.74) is 0. The van der Waals surface area contributed by atoms with Gasteiger partial charge in [0.2, 0.25) is 5.91 Å². The Hall–Kier alpha value is -0.180. The quantitative estimate of drug-likeness (QED) is 0.670. The lowest BCUT2D eigenvalue weighted by atomic mass is 10.2. The fourth-order valence-electron chi connectivity index (χ4n) is 1.15. The Morgan fingerprint density at radius 2 is 1.92 bits per heavy atom. The SMILES string of the molecule is CCC(C)N(CC)C(=O)C(C)S. The monoisotopic (exact) mass is 189 g/mol. The maximum absolute atomic E-state index is 11.5. The summed E-state index contributed by atoms with van der Waals surface area (Å²) in [6.07, 6.45) is 1.00. The van der Waals surface area contributed by atoms with Gasteiger partial charge in [0.15, 0.2) is 0 Å². The fourth-order valence-corrected chi connectivity index (χ4v) is 1.29. The molecule has 72 valence electrons. The Morgan fingerprint density at radius 3 is 2.17 bits per heavy atom. The summed E-state index contributed by atoms with van der Waals surface area (Å²) >= 11 is 4.13. The van der Waals surface area contributed by atoms with E-state index in [0.717, 1.165) is 13.0 Å². The minimum absolute atomic E-state index is 0.134. The highest BCUT2D eigenvalue weighted by molar-refractivity contribution is 7.81. The van der Waals surface area contributed by atoms with E-state index in [9.17, 15) is 4.79 Å². The zero-order valence-electron chi connectivity index (χ0n) is 8.37. The molecule has 0 bridgehead atoms. The molecule has 0 fully saturated rings. The lowest BCUT2D eigenvalue weighted by Gasteiger charge is -2.28. The van der Waals surface area contributed by atoms with Gasteiger partial charge in [0.25, 0.3) is 0 Å². The Bertz CT molecular complexity index is 147. The van der Waals surface area contributed by atoms with Gasteiger partial charge in [0.1, 0.15) is 0 Å². The molecule has 12 heavy (non-hydrogen) atoms. The van der Waals surface area contributed by atoms with Crippen LogP contribution in [0.1, 0.15) is 34.1 Å². The standard InChI is InChI=1S/C9H19NOS/c1-5-7(3)10(6-2)9(11)8(4)12/h7-8,12H,5-6H2,1-4H3. The highest BCUT2D eigenvalue weighted by atomic mass is 32.1. The number of amides is 1. The van der Waals surface area contributed by atoms with Crippen LogP contribution >= 0.6 is 12.6 Å². The molecule has 2 atom stereocenters. The van der Waals surface area contributed by atoms with E-state index in [1.54, 1.807) is 0 Å². The second kappa shape index (κ2) is 5.46. The topological polar surface area (TPSA) is 20.3 Å². The predicted octanol–water partition coefficient (Wildman–Crippen LogP) is 1.95. The van der Waals surface area contributed by atoms with Crippen molar-refractivity contribution in [2.24, 2.45) is 0 Å². The van der Waals surface area contributed by atoms with Gasteiger partial charge in [-0.1, -0.05) is 6.92 Å². The number of carbonyl (C=O) groups excluding carboxylic acids is 1. The highest BCUT2D eigenvalue weighted by Crippen LogP contribution is 2.08. The molecule has 0 rings (SSSR count). The largest absolute Gasteiger partial charge is 0.339 e. The molecule has 0 aliphatic heterocycles. The van der Waals surface area contributed by atoms with Crippen molar-refractivity contribution < 1.29 is 4.79 Å². The average Bonchev–Trinajstić information content (AvgIpc) is 2.05. The molecule has 0 heterocycles. The van der Waals surface area contributed by atoms with Crippen molar-refractivity contribution in [1.29, 1.82) is 0 Å². The summed E-state index contributed by atoms with van der Waals surface area (Å²) in [7, 11) is 0. The molecule has 0 aromatic rings. The van der Waals surface area contributed by atoms with E-state index in [2.05, 4.69) is 26.5 Å². The lowest BCUT2D eigenvalue weighted by Crippen LogP contribution is -2.41. The molecular weight excluding hydrogens is 170 g/mol. The van der Waals surface area contributed by atoms with Crippen molar-refractivity contribution in [2.75, 3.05) is 6.54 Å². The molecule has 0 aliphatic carbocycles. The zero-order chi connectivity index (χ0) is 9.72. The second-order valence-corrected chi connectivity index (χ2v) is 3.83. The first-order valence-corrected chi connectivity index (χ1v) is 5.04. The van der Waals surface area contributed by atoms with Gasteiger partial charge in [0, 0.05) is 12.6 Å². The van der Waals surface area contributed by atoms with Gasteiger partial charge in [-0.15, -0.1) is 0 Å². The lowest BCUT2D eigenvalue weighted by molar-refractivity contribution is -0.132. The number of rotatable bonds is 4. The predicted molar refractivity (Wildman–Crippen MR) is 55.6 cm³/mol. The molecule has 0 radical (unpaired) electrons. The number of thiol groups is 1. The van der Waals surface area contributed by atoms with E-state index < -0.39 is 0 Å². The van der Waals surface area contributed by atoms with Gasteiger partial charge < -0.3 is 4.90 Å². The molecule has 2 nitrogen and oxygen atoms in total. The van der Waals surface area contributed by atoms with E-state index in [4.69, 9.17) is 0 Å². The Balaban J connectivity index is 4.24. The van der Waals surface area contributed by atoms with Crippen LogP contribution in [0.15, 0.2) is 0 Å². The highest BCUT2D eigenvalue weighted by Gasteiger charge is 2.19. The Morgan fingerprint density at radius 1 is 1.42 bits per heavy atom. The molecule has 1 amide bonds. The molecule has 0 aromatic carbocycles. The van der Waals surface area contributed by atoms with Crippen LogP contribution in [-0.2, 0) is 4.79 Å². The summed E-state index contributed by atoms with van der Waals surface area (Å²) in [6, 6.07) is 0.331.